The molecule has 4 fully saturated rings. The molecule has 0 heterocycles. The standard InChI is InChI=1S/C29H35Si.Zr/c1-30(2,3)26-9-7-22(8-10-26)27-6-4-5-23-12-21(18-29(23)27)17-28-24-13-19-11-20(15-24)16-25(28)14-19;/h4-10,12,18-20,24-25,28H,11,13-17H2,1-3H3;. The molecule has 2 aromatic carbocycles. The molecule has 2 heteroatoms. The Morgan fingerprint density at radius 3 is 2.10 bits per heavy atom. The minimum atomic E-state index is -1.25. The first kappa shape index (κ1) is 20.9. The van der Waals surface area contributed by atoms with Crippen molar-refractivity contribution in [1.29, 1.82) is 0 Å². The average molecular weight is 503 g/mol. The van der Waals surface area contributed by atoms with Crippen LogP contribution in [0.5, 0.6) is 0 Å². The van der Waals surface area contributed by atoms with Crippen LogP contribution in [0.25, 0.3) is 17.2 Å². The Kier molecular flexibility index (Phi) is 5.16. The van der Waals surface area contributed by atoms with Gasteiger partial charge in [0.1, 0.15) is 0 Å². The van der Waals surface area contributed by atoms with Gasteiger partial charge in [0.25, 0.3) is 0 Å². The summed E-state index contributed by atoms with van der Waals surface area (Å²) in [5.74, 6) is 5.23. The van der Waals surface area contributed by atoms with Crippen LogP contribution in [0.2, 0.25) is 19.6 Å². The van der Waals surface area contributed by atoms with Gasteiger partial charge in [-0.1, -0.05) is 0 Å². The Labute approximate surface area is 204 Å². The summed E-state index contributed by atoms with van der Waals surface area (Å²) in [6.45, 7) is 7.31. The van der Waals surface area contributed by atoms with E-state index in [4.69, 9.17) is 0 Å². The van der Waals surface area contributed by atoms with Crippen LogP contribution >= 0.6 is 0 Å². The summed E-state index contributed by atoms with van der Waals surface area (Å²) in [5.41, 5.74) is 7.74. The maximum absolute atomic E-state index is 2.63. The van der Waals surface area contributed by atoms with Crippen molar-refractivity contribution >= 4 is 19.3 Å². The molecule has 5 aliphatic rings. The number of benzene rings is 2. The molecular formula is C29H35SiZr. The summed E-state index contributed by atoms with van der Waals surface area (Å²) in [7, 11) is -1.25. The summed E-state index contributed by atoms with van der Waals surface area (Å²) in [6, 6.07) is 16.6. The molecule has 1 atom stereocenters. The van der Waals surface area contributed by atoms with Crippen molar-refractivity contribution < 1.29 is 24.7 Å². The summed E-state index contributed by atoms with van der Waals surface area (Å²) in [4.78, 5) is 0. The molecule has 0 aromatic heterocycles. The molecule has 0 spiro atoms. The molecule has 0 radical (unpaired) electrons. The van der Waals surface area contributed by atoms with E-state index in [0.29, 0.717) is 3.63 Å². The van der Waals surface area contributed by atoms with Gasteiger partial charge in [0.05, 0.1) is 0 Å². The van der Waals surface area contributed by atoms with E-state index in [0.717, 1.165) is 29.6 Å². The van der Waals surface area contributed by atoms with Crippen molar-refractivity contribution in [3.8, 4) is 11.1 Å². The predicted octanol–water partition coefficient (Wildman–Crippen LogP) is 7.35. The molecule has 0 N–H and O–H groups in total. The predicted molar refractivity (Wildman–Crippen MR) is 131 cm³/mol. The number of allylic oxidation sites excluding steroid dienone is 1. The fourth-order valence-corrected chi connectivity index (χ4v) is 9.97. The minimum absolute atomic E-state index is 0.681. The molecular weight excluding hydrogens is 468 g/mol. The second kappa shape index (κ2) is 7.66. The van der Waals surface area contributed by atoms with Gasteiger partial charge < -0.3 is 0 Å². The van der Waals surface area contributed by atoms with Crippen molar-refractivity contribution in [2.45, 2.75) is 61.8 Å². The van der Waals surface area contributed by atoms with E-state index >= 15 is 0 Å². The first-order valence-corrected chi connectivity index (χ1v) is 17.4. The van der Waals surface area contributed by atoms with E-state index in [9.17, 15) is 0 Å². The molecule has 7 rings (SSSR count). The van der Waals surface area contributed by atoms with E-state index < -0.39 is 8.07 Å². The third-order valence-electron chi connectivity index (χ3n) is 9.11. The van der Waals surface area contributed by atoms with Crippen LogP contribution in [0.1, 0.15) is 53.3 Å². The van der Waals surface area contributed by atoms with Crippen LogP contribution in [0, 0.1) is 29.6 Å². The molecule has 159 valence electrons. The van der Waals surface area contributed by atoms with Crippen LogP contribution in [0.4, 0.5) is 0 Å². The first-order chi connectivity index (χ1) is 14.9. The average Bonchev–Trinajstić information content (AvgIpc) is 3.05. The zero-order chi connectivity index (χ0) is 21.3. The van der Waals surface area contributed by atoms with Crippen molar-refractivity contribution in [1.82, 2.24) is 0 Å². The van der Waals surface area contributed by atoms with Gasteiger partial charge >= 0.3 is 206 Å². The summed E-state index contributed by atoms with van der Waals surface area (Å²) in [5, 5.41) is 1.56. The monoisotopic (exact) mass is 501 g/mol. The fraction of sp³-hybridized carbons (Fsp3) is 0.517. The number of rotatable bonds is 4. The molecule has 5 aliphatic carbocycles. The fourth-order valence-electron chi connectivity index (χ4n) is 7.69. The molecule has 1 unspecified atom stereocenters. The molecule has 0 saturated heterocycles. The van der Waals surface area contributed by atoms with Crippen molar-refractivity contribution in [3.63, 3.8) is 0 Å². The molecule has 2 aromatic rings. The zero-order valence-electron chi connectivity index (χ0n) is 19.3. The second-order valence-electron chi connectivity index (χ2n) is 12.1. The molecule has 0 amide bonds. The number of hydrogen-bond acceptors (Lipinski definition) is 0. The SMILES string of the molecule is C[Si](C)(C)c1ccc(-c2cccc3c2C=C(CC2C4CC5CC(C4)CC2C5)[CH]3[Zr])cc1. The van der Waals surface area contributed by atoms with Crippen LogP contribution in [-0.2, 0) is 24.7 Å². The molecule has 4 saturated carbocycles. The van der Waals surface area contributed by atoms with Gasteiger partial charge in [0, 0.05) is 0 Å². The Bertz CT molecular complexity index is 998. The van der Waals surface area contributed by atoms with Crippen molar-refractivity contribution in [2.24, 2.45) is 29.6 Å². The third-order valence-corrected chi connectivity index (χ3v) is 12.8. The Morgan fingerprint density at radius 2 is 1.48 bits per heavy atom. The van der Waals surface area contributed by atoms with Crippen LogP contribution in [0.3, 0.4) is 0 Å². The number of fused-ring (bicyclic) bond motifs is 1. The molecule has 4 bridgehead atoms. The maximum atomic E-state index is 2.63. The van der Waals surface area contributed by atoms with Gasteiger partial charge in [-0.2, -0.15) is 0 Å². The topological polar surface area (TPSA) is 0 Å². The van der Waals surface area contributed by atoms with Crippen molar-refractivity contribution in [2.75, 3.05) is 0 Å². The summed E-state index contributed by atoms with van der Waals surface area (Å²) >= 11 is 1.67. The van der Waals surface area contributed by atoms with Gasteiger partial charge in [-0.3, -0.25) is 0 Å². The van der Waals surface area contributed by atoms with Crippen LogP contribution in [-0.4, -0.2) is 8.07 Å². The Balaban J connectivity index is 1.29. The number of hydrogen-bond donors (Lipinski definition) is 0. The van der Waals surface area contributed by atoms with E-state index in [2.05, 4.69) is 68.2 Å². The third kappa shape index (κ3) is 3.65. The Hall–Kier alpha value is -0.720. The quantitative estimate of drug-likeness (QED) is 0.383. The van der Waals surface area contributed by atoms with Gasteiger partial charge in [0.15, 0.2) is 0 Å². The zero-order valence-corrected chi connectivity index (χ0v) is 22.8. The van der Waals surface area contributed by atoms with Crippen molar-refractivity contribution in [3.05, 3.63) is 59.2 Å². The van der Waals surface area contributed by atoms with Crippen LogP contribution < -0.4 is 5.19 Å². The Morgan fingerprint density at radius 1 is 0.839 bits per heavy atom. The summed E-state index contributed by atoms with van der Waals surface area (Å²) < 4.78 is 0.681. The van der Waals surface area contributed by atoms with E-state index in [-0.39, 0.29) is 0 Å². The first-order valence-electron chi connectivity index (χ1n) is 12.5. The van der Waals surface area contributed by atoms with E-state index in [1.807, 2.05) is 0 Å². The van der Waals surface area contributed by atoms with Gasteiger partial charge in [-0.15, -0.1) is 0 Å². The van der Waals surface area contributed by atoms with Crippen LogP contribution in [0.15, 0.2) is 48.0 Å². The summed E-state index contributed by atoms with van der Waals surface area (Å²) in [6.07, 6.45) is 11.8. The molecule has 31 heavy (non-hydrogen) atoms. The molecule has 0 aliphatic heterocycles. The second-order valence-corrected chi connectivity index (χ2v) is 18.6. The van der Waals surface area contributed by atoms with E-state index in [1.54, 1.807) is 73.1 Å². The molecule has 0 nitrogen and oxygen atoms in total. The van der Waals surface area contributed by atoms with Gasteiger partial charge in [-0.25, -0.2) is 0 Å². The normalized spacial score (nSPS) is 33.4. The van der Waals surface area contributed by atoms with Gasteiger partial charge in [-0.05, 0) is 0 Å². The van der Waals surface area contributed by atoms with E-state index in [1.165, 1.54) is 23.1 Å². The van der Waals surface area contributed by atoms with Gasteiger partial charge in [0.2, 0.25) is 0 Å².